The van der Waals surface area contributed by atoms with Crippen LogP contribution in [0.1, 0.15) is 57.3 Å². The Kier molecular flexibility index (Phi) is 6.26. The Morgan fingerprint density at radius 1 is 1.33 bits per heavy atom. The van der Waals surface area contributed by atoms with E-state index in [9.17, 15) is 0 Å². The highest BCUT2D eigenvalue weighted by Crippen LogP contribution is 2.34. The molecule has 5 heteroatoms. The zero-order chi connectivity index (χ0) is 15.4. The van der Waals surface area contributed by atoms with E-state index in [4.69, 9.17) is 5.84 Å². The molecule has 1 aromatic heterocycles. The molecule has 1 saturated carbocycles. The molecule has 1 fully saturated rings. The number of aryl methyl sites for hydroxylation is 2. The summed E-state index contributed by atoms with van der Waals surface area (Å²) in [6.07, 6.45) is 7.57. The number of halogens is 1. The van der Waals surface area contributed by atoms with E-state index in [-0.39, 0.29) is 0 Å². The maximum atomic E-state index is 5.87. The number of rotatable bonds is 6. The standard InChI is InChI=1S/C16H29BrN4/c1-4-12-6-8-13(9-7-12)14(19-18)10-15-16(17)11(3)20-21(15)5-2/h12-14,19H,4-10,18H2,1-3H3. The quantitative estimate of drug-likeness (QED) is 0.605. The van der Waals surface area contributed by atoms with E-state index in [0.717, 1.165) is 29.1 Å². The third-order valence-electron chi connectivity index (χ3n) is 5.12. The van der Waals surface area contributed by atoms with Crippen molar-refractivity contribution >= 4 is 15.9 Å². The van der Waals surface area contributed by atoms with Crippen molar-refractivity contribution in [2.75, 3.05) is 0 Å². The maximum absolute atomic E-state index is 5.87. The Bertz CT molecular complexity index is 449. The van der Waals surface area contributed by atoms with Crippen molar-refractivity contribution in [1.29, 1.82) is 0 Å². The summed E-state index contributed by atoms with van der Waals surface area (Å²) < 4.78 is 3.24. The predicted molar refractivity (Wildman–Crippen MR) is 90.9 cm³/mol. The highest BCUT2D eigenvalue weighted by molar-refractivity contribution is 9.10. The predicted octanol–water partition coefficient (Wildman–Crippen LogP) is 3.56. The van der Waals surface area contributed by atoms with Crippen LogP contribution in [-0.2, 0) is 13.0 Å². The number of nitrogens with one attached hydrogen (secondary N) is 1. The molecule has 120 valence electrons. The number of hydrogen-bond acceptors (Lipinski definition) is 3. The fraction of sp³-hybridized carbons (Fsp3) is 0.812. The molecule has 1 heterocycles. The minimum absolute atomic E-state index is 0.348. The second-order valence-corrected chi connectivity index (χ2v) is 7.12. The third kappa shape index (κ3) is 3.88. The van der Waals surface area contributed by atoms with Crippen LogP contribution in [0.4, 0.5) is 0 Å². The maximum Gasteiger partial charge on any atom is 0.0738 e. The summed E-state index contributed by atoms with van der Waals surface area (Å²) in [6, 6.07) is 0.348. The van der Waals surface area contributed by atoms with Crippen LogP contribution >= 0.6 is 15.9 Å². The summed E-state index contributed by atoms with van der Waals surface area (Å²) >= 11 is 3.69. The summed E-state index contributed by atoms with van der Waals surface area (Å²) in [5, 5.41) is 4.59. The fourth-order valence-corrected chi connectivity index (χ4v) is 4.08. The van der Waals surface area contributed by atoms with Gasteiger partial charge < -0.3 is 0 Å². The molecule has 0 radical (unpaired) electrons. The van der Waals surface area contributed by atoms with E-state index in [1.54, 1.807) is 0 Å². The molecule has 2 rings (SSSR count). The van der Waals surface area contributed by atoms with E-state index >= 15 is 0 Å². The van der Waals surface area contributed by atoms with Gasteiger partial charge in [-0.3, -0.25) is 16.0 Å². The average molecular weight is 357 g/mol. The molecule has 0 aromatic carbocycles. The number of hydrazine groups is 1. The van der Waals surface area contributed by atoms with Crippen LogP contribution in [0.25, 0.3) is 0 Å². The van der Waals surface area contributed by atoms with Crippen molar-refractivity contribution < 1.29 is 0 Å². The molecule has 1 aromatic rings. The van der Waals surface area contributed by atoms with Crippen LogP contribution in [0, 0.1) is 18.8 Å². The number of nitrogens with two attached hydrogens (primary N) is 1. The normalized spacial score (nSPS) is 24.2. The smallest absolute Gasteiger partial charge is 0.0738 e. The molecule has 0 spiro atoms. The van der Waals surface area contributed by atoms with E-state index < -0.39 is 0 Å². The Morgan fingerprint density at radius 2 is 2.00 bits per heavy atom. The van der Waals surface area contributed by atoms with Crippen LogP contribution in [0.3, 0.4) is 0 Å². The minimum Gasteiger partial charge on any atom is -0.271 e. The summed E-state index contributed by atoms with van der Waals surface area (Å²) in [5.74, 6) is 7.48. The molecule has 1 atom stereocenters. The van der Waals surface area contributed by atoms with Gasteiger partial charge in [0.25, 0.3) is 0 Å². The van der Waals surface area contributed by atoms with Crippen LogP contribution in [0.5, 0.6) is 0 Å². The lowest BCUT2D eigenvalue weighted by Gasteiger charge is -2.33. The highest BCUT2D eigenvalue weighted by Gasteiger charge is 2.28. The second-order valence-electron chi connectivity index (χ2n) is 6.33. The van der Waals surface area contributed by atoms with Gasteiger partial charge in [-0.15, -0.1) is 0 Å². The van der Waals surface area contributed by atoms with E-state index in [1.807, 2.05) is 0 Å². The summed E-state index contributed by atoms with van der Waals surface area (Å²) in [6.45, 7) is 7.40. The first-order chi connectivity index (χ1) is 10.1. The van der Waals surface area contributed by atoms with Gasteiger partial charge in [0, 0.05) is 19.0 Å². The number of hydrogen-bond donors (Lipinski definition) is 2. The van der Waals surface area contributed by atoms with Crippen molar-refractivity contribution in [2.45, 2.75) is 71.9 Å². The average Bonchev–Trinajstić information content (AvgIpc) is 2.80. The first-order valence-electron chi connectivity index (χ1n) is 8.28. The van der Waals surface area contributed by atoms with E-state index in [2.05, 4.69) is 51.9 Å². The van der Waals surface area contributed by atoms with Gasteiger partial charge in [0.15, 0.2) is 0 Å². The van der Waals surface area contributed by atoms with Gasteiger partial charge in [-0.25, -0.2) is 0 Å². The van der Waals surface area contributed by atoms with Gasteiger partial charge in [0.05, 0.1) is 15.9 Å². The molecule has 0 saturated heterocycles. The van der Waals surface area contributed by atoms with Crippen LogP contribution in [-0.4, -0.2) is 15.8 Å². The Morgan fingerprint density at radius 3 is 2.52 bits per heavy atom. The van der Waals surface area contributed by atoms with Crippen LogP contribution < -0.4 is 11.3 Å². The van der Waals surface area contributed by atoms with Gasteiger partial charge in [-0.1, -0.05) is 26.2 Å². The Balaban J connectivity index is 2.06. The molecule has 0 bridgehead atoms. The Hall–Kier alpha value is -0.390. The monoisotopic (exact) mass is 356 g/mol. The molecule has 1 aliphatic rings. The molecule has 21 heavy (non-hydrogen) atoms. The van der Waals surface area contributed by atoms with Crippen LogP contribution in [0.15, 0.2) is 4.47 Å². The Labute approximate surface area is 137 Å². The zero-order valence-corrected chi connectivity index (χ0v) is 15.1. The minimum atomic E-state index is 0.348. The van der Waals surface area contributed by atoms with Crippen LogP contribution in [0.2, 0.25) is 0 Å². The molecule has 0 aliphatic heterocycles. The van der Waals surface area contributed by atoms with Crippen molar-refractivity contribution in [3.05, 3.63) is 15.9 Å². The lowest BCUT2D eigenvalue weighted by atomic mass is 9.77. The molecular formula is C16H29BrN4. The van der Waals surface area contributed by atoms with Crippen molar-refractivity contribution in [1.82, 2.24) is 15.2 Å². The topological polar surface area (TPSA) is 55.9 Å². The van der Waals surface area contributed by atoms with E-state index in [0.29, 0.717) is 12.0 Å². The SMILES string of the molecule is CCC1CCC(C(Cc2c(Br)c(C)nn2CC)NN)CC1. The van der Waals surface area contributed by atoms with Gasteiger partial charge >= 0.3 is 0 Å². The summed E-state index contributed by atoms with van der Waals surface area (Å²) in [4.78, 5) is 0. The third-order valence-corrected chi connectivity index (χ3v) is 6.15. The largest absolute Gasteiger partial charge is 0.271 e. The number of nitrogens with zero attached hydrogens (tertiary/aromatic N) is 2. The zero-order valence-electron chi connectivity index (χ0n) is 13.5. The molecule has 1 aliphatic carbocycles. The molecule has 3 N–H and O–H groups in total. The lowest BCUT2D eigenvalue weighted by Crippen LogP contribution is -2.44. The summed E-state index contributed by atoms with van der Waals surface area (Å²) in [7, 11) is 0. The van der Waals surface area contributed by atoms with E-state index in [1.165, 1.54) is 37.8 Å². The van der Waals surface area contributed by atoms with Gasteiger partial charge in [-0.05, 0) is 54.5 Å². The molecule has 0 amide bonds. The number of aromatic nitrogens is 2. The first-order valence-corrected chi connectivity index (χ1v) is 9.07. The van der Waals surface area contributed by atoms with Gasteiger partial charge in [0.1, 0.15) is 0 Å². The fourth-order valence-electron chi connectivity index (χ4n) is 3.63. The highest BCUT2D eigenvalue weighted by atomic mass is 79.9. The first kappa shape index (κ1) is 17.0. The van der Waals surface area contributed by atoms with Crippen molar-refractivity contribution in [3.8, 4) is 0 Å². The molecular weight excluding hydrogens is 328 g/mol. The van der Waals surface area contributed by atoms with Gasteiger partial charge in [-0.2, -0.15) is 5.10 Å². The summed E-state index contributed by atoms with van der Waals surface area (Å²) in [5.41, 5.74) is 5.42. The van der Waals surface area contributed by atoms with Crippen molar-refractivity contribution in [2.24, 2.45) is 17.7 Å². The lowest BCUT2D eigenvalue weighted by molar-refractivity contribution is 0.215. The molecule has 4 nitrogen and oxygen atoms in total. The second kappa shape index (κ2) is 7.75. The molecule has 1 unspecified atom stereocenters. The van der Waals surface area contributed by atoms with Gasteiger partial charge in [0.2, 0.25) is 0 Å². The van der Waals surface area contributed by atoms with Crippen molar-refractivity contribution in [3.63, 3.8) is 0 Å².